The van der Waals surface area contributed by atoms with E-state index < -0.39 is 16.4 Å². The molecule has 1 fully saturated rings. The summed E-state index contributed by atoms with van der Waals surface area (Å²) in [7, 11) is 0. The maximum absolute atomic E-state index is 13.5. The van der Waals surface area contributed by atoms with Gasteiger partial charge in [-0.05, 0) is 36.4 Å². The van der Waals surface area contributed by atoms with Crippen molar-refractivity contribution in [1.29, 1.82) is 0 Å². The zero-order valence-electron chi connectivity index (χ0n) is 11.3. The van der Waals surface area contributed by atoms with E-state index in [1.807, 2.05) is 0 Å². The largest absolute Gasteiger partial charge is 0.304 e. The van der Waals surface area contributed by atoms with E-state index in [4.69, 9.17) is 0 Å². The van der Waals surface area contributed by atoms with Crippen LogP contribution >= 0.6 is 0 Å². The highest BCUT2D eigenvalue weighted by molar-refractivity contribution is 5.35. The van der Waals surface area contributed by atoms with Crippen molar-refractivity contribution in [2.45, 2.75) is 26.8 Å². The van der Waals surface area contributed by atoms with Crippen LogP contribution in [-0.4, -0.2) is 22.9 Å². The van der Waals surface area contributed by atoms with Gasteiger partial charge >= 0.3 is 5.69 Å². The second kappa shape index (κ2) is 5.65. The Morgan fingerprint density at radius 3 is 2.79 bits per heavy atom. The van der Waals surface area contributed by atoms with E-state index in [1.54, 1.807) is 6.07 Å². The Kier molecular flexibility index (Phi) is 4.14. The second-order valence-electron chi connectivity index (χ2n) is 5.57. The highest BCUT2D eigenvalue weighted by atomic mass is 19.1. The van der Waals surface area contributed by atoms with E-state index in [0.717, 1.165) is 18.7 Å². The van der Waals surface area contributed by atoms with Gasteiger partial charge in [0.2, 0.25) is 5.82 Å². The highest BCUT2D eigenvalue weighted by Gasteiger charge is 2.25. The molecule has 1 aliphatic heterocycles. The first-order chi connectivity index (χ1) is 8.97. The first-order valence-corrected chi connectivity index (χ1v) is 6.62. The lowest BCUT2D eigenvalue weighted by molar-refractivity contribution is -0.387. The van der Waals surface area contributed by atoms with E-state index in [0.29, 0.717) is 18.4 Å². The van der Waals surface area contributed by atoms with Crippen LogP contribution in [0.5, 0.6) is 0 Å². The number of rotatable bonds is 4. The molecule has 0 aromatic heterocycles. The number of nitro groups is 1. The minimum atomic E-state index is -0.748. The summed E-state index contributed by atoms with van der Waals surface area (Å²) in [6.07, 6.45) is 1.17. The van der Waals surface area contributed by atoms with E-state index >= 15 is 0 Å². The summed E-state index contributed by atoms with van der Waals surface area (Å²) in [6, 6.07) is 4.17. The van der Waals surface area contributed by atoms with E-state index in [-0.39, 0.29) is 0 Å². The van der Waals surface area contributed by atoms with Gasteiger partial charge < -0.3 is 0 Å². The Labute approximate surface area is 112 Å². The first-order valence-electron chi connectivity index (χ1n) is 6.62. The minimum absolute atomic E-state index is 0.453. The van der Waals surface area contributed by atoms with Crippen molar-refractivity contribution >= 4 is 5.69 Å². The van der Waals surface area contributed by atoms with E-state index in [2.05, 4.69) is 18.7 Å². The average molecular weight is 266 g/mol. The molecule has 0 bridgehead atoms. The molecule has 0 radical (unpaired) electrons. The molecule has 5 heteroatoms. The molecule has 1 saturated heterocycles. The summed E-state index contributed by atoms with van der Waals surface area (Å²) >= 11 is 0. The molecular weight excluding hydrogens is 247 g/mol. The standard InChI is InChI=1S/C14H19FN2O2/c1-10(2)12-5-6-16(9-12)8-11-3-4-14(17(18)19)13(15)7-11/h3-4,7,10,12H,5-6,8-9H2,1-2H3. The Morgan fingerprint density at radius 1 is 1.53 bits per heavy atom. The van der Waals surface area contributed by atoms with E-state index in [1.165, 1.54) is 18.6 Å². The maximum atomic E-state index is 13.5. The summed E-state index contributed by atoms with van der Waals surface area (Å²) in [5, 5.41) is 10.6. The first kappa shape index (κ1) is 13.9. The van der Waals surface area contributed by atoms with Crippen LogP contribution in [0.1, 0.15) is 25.8 Å². The van der Waals surface area contributed by atoms with E-state index in [9.17, 15) is 14.5 Å². The van der Waals surface area contributed by atoms with Gasteiger partial charge in [0.25, 0.3) is 0 Å². The van der Waals surface area contributed by atoms with Crippen molar-refractivity contribution in [1.82, 2.24) is 4.90 Å². The maximum Gasteiger partial charge on any atom is 0.304 e. The summed E-state index contributed by atoms with van der Waals surface area (Å²) in [4.78, 5) is 12.1. The fourth-order valence-electron chi connectivity index (χ4n) is 2.61. The number of nitrogens with zero attached hydrogens (tertiary/aromatic N) is 2. The summed E-state index contributed by atoms with van der Waals surface area (Å²) < 4.78 is 13.5. The zero-order valence-corrected chi connectivity index (χ0v) is 11.3. The van der Waals surface area contributed by atoms with Crippen LogP contribution in [0, 0.1) is 27.8 Å². The van der Waals surface area contributed by atoms with Gasteiger partial charge in [-0.2, -0.15) is 4.39 Å². The van der Waals surface area contributed by atoms with Crippen molar-refractivity contribution in [3.05, 3.63) is 39.7 Å². The Hall–Kier alpha value is -1.49. The Morgan fingerprint density at radius 2 is 2.26 bits per heavy atom. The third-order valence-electron chi connectivity index (χ3n) is 3.87. The predicted molar refractivity (Wildman–Crippen MR) is 71.3 cm³/mol. The van der Waals surface area contributed by atoms with Crippen LogP contribution in [-0.2, 0) is 6.54 Å². The molecule has 1 aromatic rings. The second-order valence-corrected chi connectivity index (χ2v) is 5.57. The molecule has 0 saturated carbocycles. The molecule has 1 unspecified atom stereocenters. The molecule has 0 N–H and O–H groups in total. The molecule has 0 amide bonds. The molecule has 19 heavy (non-hydrogen) atoms. The van der Waals surface area contributed by atoms with Crippen molar-refractivity contribution in [3.8, 4) is 0 Å². The van der Waals surface area contributed by atoms with Gasteiger partial charge in [-0.1, -0.05) is 19.9 Å². The third kappa shape index (κ3) is 3.29. The van der Waals surface area contributed by atoms with Gasteiger partial charge in [0.15, 0.2) is 0 Å². The monoisotopic (exact) mass is 266 g/mol. The number of benzene rings is 1. The molecular formula is C14H19FN2O2. The third-order valence-corrected chi connectivity index (χ3v) is 3.87. The Balaban J connectivity index is 2.01. The topological polar surface area (TPSA) is 46.4 Å². The lowest BCUT2D eigenvalue weighted by Gasteiger charge is -2.17. The van der Waals surface area contributed by atoms with Crippen LogP contribution in [0.3, 0.4) is 0 Å². The lowest BCUT2D eigenvalue weighted by Crippen LogP contribution is -2.21. The molecule has 1 atom stereocenters. The van der Waals surface area contributed by atoms with Crippen LogP contribution in [0.2, 0.25) is 0 Å². The summed E-state index contributed by atoms with van der Waals surface area (Å²) in [6.45, 7) is 7.15. The normalized spacial score (nSPS) is 20.1. The zero-order chi connectivity index (χ0) is 14.0. The molecule has 1 aromatic carbocycles. The van der Waals surface area contributed by atoms with Crippen LogP contribution in [0.25, 0.3) is 0 Å². The fraction of sp³-hybridized carbons (Fsp3) is 0.571. The van der Waals surface area contributed by atoms with Gasteiger partial charge in [-0.3, -0.25) is 15.0 Å². The lowest BCUT2D eigenvalue weighted by atomic mass is 9.95. The SMILES string of the molecule is CC(C)C1CCN(Cc2ccc([N+](=O)[O-])c(F)c2)C1. The van der Waals surface area contributed by atoms with Crippen molar-refractivity contribution in [2.24, 2.45) is 11.8 Å². The fourth-order valence-corrected chi connectivity index (χ4v) is 2.61. The average Bonchev–Trinajstić information content (AvgIpc) is 2.77. The molecule has 1 aliphatic rings. The van der Waals surface area contributed by atoms with Gasteiger partial charge in [0.1, 0.15) is 0 Å². The molecule has 104 valence electrons. The molecule has 2 rings (SSSR count). The van der Waals surface area contributed by atoms with Gasteiger partial charge in [0.05, 0.1) is 4.92 Å². The van der Waals surface area contributed by atoms with Gasteiger partial charge in [0, 0.05) is 19.2 Å². The number of halogens is 1. The summed E-state index contributed by atoms with van der Waals surface area (Å²) in [5.74, 6) is 0.614. The highest BCUT2D eigenvalue weighted by Crippen LogP contribution is 2.26. The molecule has 0 spiro atoms. The van der Waals surface area contributed by atoms with Crippen LogP contribution in [0.4, 0.5) is 10.1 Å². The van der Waals surface area contributed by atoms with Crippen molar-refractivity contribution in [3.63, 3.8) is 0 Å². The molecule has 1 heterocycles. The van der Waals surface area contributed by atoms with Crippen LogP contribution in [0.15, 0.2) is 18.2 Å². The van der Waals surface area contributed by atoms with Crippen LogP contribution < -0.4 is 0 Å². The van der Waals surface area contributed by atoms with Gasteiger partial charge in [-0.25, -0.2) is 0 Å². The summed E-state index contributed by atoms with van der Waals surface area (Å²) in [5.41, 5.74) is 0.345. The number of likely N-dealkylation sites (tertiary alicyclic amines) is 1. The number of nitro benzene ring substituents is 1. The number of hydrogen-bond donors (Lipinski definition) is 0. The minimum Gasteiger partial charge on any atom is -0.299 e. The van der Waals surface area contributed by atoms with Gasteiger partial charge in [-0.15, -0.1) is 0 Å². The predicted octanol–water partition coefficient (Wildman–Crippen LogP) is 3.21. The smallest absolute Gasteiger partial charge is 0.299 e. The Bertz CT molecular complexity index is 477. The quantitative estimate of drug-likeness (QED) is 0.621. The van der Waals surface area contributed by atoms with Crippen molar-refractivity contribution in [2.75, 3.05) is 13.1 Å². The number of hydrogen-bond acceptors (Lipinski definition) is 3. The molecule has 0 aliphatic carbocycles. The van der Waals surface area contributed by atoms with Crippen molar-refractivity contribution < 1.29 is 9.31 Å². The molecule has 4 nitrogen and oxygen atoms in total.